The summed E-state index contributed by atoms with van der Waals surface area (Å²) in [4.78, 5) is 10.3. The van der Waals surface area contributed by atoms with Crippen LogP contribution in [0, 0.1) is 0 Å². The van der Waals surface area contributed by atoms with E-state index in [0.29, 0.717) is 6.42 Å². The number of primary amides is 1. The Kier molecular flexibility index (Phi) is 4.56. The third-order valence-corrected chi connectivity index (χ3v) is 2.89. The van der Waals surface area contributed by atoms with E-state index in [0.717, 1.165) is 5.33 Å². The van der Waals surface area contributed by atoms with Crippen molar-refractivity contribution in [1.29, 1.82) is 0 Å². The van der Waals surface area contributed by atoms with Crippen molar-refractivity contribution < 1.29 is 4.79 Å². The van der Waals surface area contributed by atoms with Crippen LogP contribution in [0.3, 0.4) is 0 Å². The van der Waals surface area contributed by atoms with Gasteiger partial charge in [-0.05, 0) is 0 Å². The number of halogens is 2. The van der Waals surface area contributed by atoms with E-state index in [1.807, 2.05) is 0 Å². The first kappa shape index (κ1) is 8.43. The summed E-state index contributed by atoms with van der Waals surface area (Å²) in [5.74, 6) is -0.272. The van der Waals surface area contributed by atoms with Crippen LogP contribution in [0.4, 0.5) is 0 Å². The Morgan fingerprint density at radius 2 is 2.25 bits per heavy atom. The summed E-state index contributed by atoms with van der Waals surface area (Å²) < 4.78 is 0. The maximum Gasteiger partial charge on any atom is 0.218 e. The van der Waals surface area contributed by atoms with Gasteiger partial charge in [-0.2, -0.15) is 0 Å². The SMILES string of the molecule is NC(=O)C[C@@H](Br)CBr. The van der Waals surface area contributed by atoms with Crippen molar-refractivity contribution in [2.24, 2.45) is 5.73 Å². The summed E-state index contributed by atoms with van der Waals surface area (Å²) in [7, 11) is 0. The van der Waals surface area contributed by atoms with Gasteiger partial charge in [0.25, 0.3) is 0 Å². The van der Waals surface area contributed by atoms with Gasteiger partial charge in [-0.15, -0.1) is 0 Å². The summed E-state index contributed by atoms with van der Waals surface area (Å²) in [5, 5.41) is 0.760. The largest absolute Gasteiger partial charge is 0.370 e. The van der Waals surface area contributed by atoms with Gasteiger partial charge in [0.1, 0.15) is 0 Å². The van der Waals surface area contributed by atoms with Gasteiger partial charge >= 0.3 is 0 Å². The second kappa shape index (κ2) is 4.32. The van der Waals surface area contributed by atoms with E-state index in [4.69, 9.17) is 5.73 Å². The van der Waals surface area contributed by atoms with Gasteiger partial charge in [-0.3, -0.25) is 4.79 Å². The number of hydrogen-bond donors (Lipinski definition) is 1. The molecule has 0 saturated heterocycles. The highest BCUT2D eigenvalue weighted by molar-refractivity contribution is 9.12. The maximum atomic E-state index is 10.1. The molecule has 0 bridgehead atoms. The van der Waals surface area contributed by atoms with Crippen molar-refractivity contribution in [3.63, 3.8) is 0 Å². The summed E-state index contributed by atoms with van der Waals surface area (Å²) in [6, 6.07) is 0. The molecule has 0 spiro atoms. The van der Waals surface area contributed by atoms with Gasteiger partial charge in [0.2, 0.25) is 5.91 Å². The first-order valence-corrected chi connectivity index (χ1v) is 4.19. The summed E-state index contributed by atoms with van der Waals surface area (Å²) >= 11 is 6.42. The molecule has 0 radical (unpaired) electrons. The fourth-order valence-electron chi connectivity index (χ4n) is 0.273. The number of alkyl halides is 2. The standard InChI is InChI=1S/C4H7Br2NO/c5-2-3(6)1-4(7)8/h3H,1-2H2,(H2,7,8)/t3-/m1/s1. The fourth-order valence-corrected chi connectivity index (χ4v) is 0.821. The van der Waals surface area contributed by atoms with Crippen LogP contribution >= 0.6 is 31.9 Å². The van der Waals surface area contributed by atoms with Crippen LogP contribution in [-0.2, 0) is 4.79 Å². The van der Waals surface area contributed by atoms with Crippen molar-refractivity contribution in [1.82, 2.24) is 0 Å². The molecule has 0 aliphatic heterocycles. The molecule has 1 amide bonds. The molecule has 0 heterocycles. The molecule has 0 unspecified atom stereocenters. The third kappa shape index (κ3) is 4.59. The molecule has 8 heavy (non-hydrogen) atoms. The second-order valence-electron chi connectivity index (χ2n) is 1.42. The molecule has 0 saturated carbocycles. The van der Waals surface area contributed by atoms with Crippen LogP contribution in [0.5, 0.6) is 0 Å². The molecule has 0 rings (SSSR count). The normalized spacial score (nSPS) is 13.2. The lowest BCUT2D eigenvalue weighted by Gasteiger charge is -1.98. The molecular weight excluding hydrogens is 238 g/mol. The van der Waals surface area contributed by atoms with E-state index in [-0.39, 0.29) is 10.7 Å². The van der Waals surface area contributed by atoms with Crippen molar-refractivity contribution in [2.45, 2.75) is 11.2 Å². The molecule has 2 nitrogen and oxygen atoms in total. The highest BCUT2D eigenvalue weighted by Crippen LogP contribution is 2.06. The number of hydrogen-bond acceptors (Lipinski definition) is 1. The zero-order valence-corrected chi connectivity index (χ0v) is 7.41. The average molecular weight is 245 g/mol. The first-order chi connectivity index (χ1) is 3.66. The zero-order chi connectivity index (χ0) is 6.57. The van der Waals surface area contributed by atoms with Crippen LogP contribution in [0.25, 0.3) is 0 Å². The number of carbonyl (C=O) groups is 1. The minimum atomic E-state index is -0.272. The summed E-state index contributed by atoms with van der Waals surface area (Å²) in [5.41, 5.74) is 4.88. The Morgan fingerprint density at radius 1 is 1.75 bits per heavy atom. The van der Waals surface area contributed by atoms with E-state index in [9.17, 15) is 4.79 Å². The van der Waals surface area contributed by atoms with Crippen LogP contribution in [0.1, 0.15) is 6.42 Å². The molecule has 48 valence electrons. The van der Waals surface area contributed by atoms with Gasteiger partial charge in [0.15, 0.2) is 0 Å². The van der Waals surface area contributed by atoms with Crippen molar-refractivity contribution >= 4 is 37.8 Å². The highest BCUT2D eigenvalue weighted by Gasteiger charge is 2.03. The molecule has 1 atom stereocenters. The van der Waals surface area contributed by atoms with Crippen molar-refractivity contribution in [3.8, 4) is 0 Å². The lowest BCUT2D eigenvalue weighted by atomic mass is 10.3. The molecule has 0 aromatic rings. The Balaban J connectivity index is 3.24. The van der Waals surface area contributed by atoms with Crippen molar-refractivity contribution in [2.75, 3.05) is 5.33 Å². The number of nitrogens with two attached hydrogens (primary N) is 1. The average Bonchev–Trinajstić information content (AvgIpc) is 1.65. The number of carbonyl (C=O) groups excluding carboxylic acids is 1. The van der Waals surface area contributed by atoms with E-state index in [2.05, 4.69) is 31.9 Å². The monoisotopic (exact) mass is 243 g/mol. The van der Waals surface area contributed by atoms with Crippen LogP contribution < -0.4 is 5.73 Å². The minimum Gasteiger partial charge on any atom is -0.370 e. The molecule has 4 heteroatoms. The molecule has 0 aliphatic rings. The zero-order valence-electron chi connectivity index (χ0n) is 4.23. The Bertz CT molecular complexity index is 86.1. The Labute approximate surface area is 65.1 Å². The van der Waals surface area contributed by atoms with Gasteiger partial charge < -0.3 is 5.73 Å². The molecule has 2 N–H and O–H groups in total. The van der Waals surface area contributed by atoms with E-state index in [1.165, 1.54) is 0 Å². The van der Waals surface area contributed by atoms with Crippen molar-refractivity contribution in [3.05, 3.63) is 0 Å². The predicted octanol–water partition coefficient (Wildman–Crippen LogP) is 1.02. The number of rotatable bonds is 3. The van der Waals surface area contributed by atoms with Gasteiger partial charge in [0.05, 0.1) is 0 Å². The Hall–Kier alpha value is 0.430. The minimum absolute atomic E-state index is 0.181. The van der Waals surface area contributed by atoms with E-state index in [1.54, 1.807) is 0 Å². The molecule has 0 fully saturated rings. The molecule has 0 aliphatic carbocycles. The first-order valence-electron chi connectivity index (χ1n) is 2.15. The quantitative estimate of drug-likeness (QED) is 0.741. The third-order valence-electron chi connectivity index (χ3n) is 0.590. The van der Waals surface area contributed by atoms with Gasteiger partial charge in [-0.25, -0.2) is 0 Å². The second-order valence-corrected chi connectivity index (χ2v) is 3.36. The lowest BCUT2D eigenvalue weighted by Crippen LogP contribution is -2.16. The summed E-state index contributed by atoms with van der Waals surface area (Å²) in [6.45, 7) is 0. The smallest absolute Gasteiger partial charge is 0.218 e. The summed E-state index contributed by atoms with van der Waals surface area (Å²) in [6.07, 6.45) is 0.394. The van der Waals surface area contributed by atoms with E-state index < -0.39 is 0 Å². The number of amides is 1. The molecule has 0 aromatic heterocycles. The van der Waals surface area contributed by atoms with Crippen LogP contribution in [0.15, 0.2) is 0 Å². The Morgan fingerprint density at radius 3 is 2.38 bits per heavy atom. The molecular formula is C4H7Br2NO. The lowest BCUT2D eigenvalue weighted by molar-refractivity contribution is -0.117. The molecule has 0 aromatic carbocycles. The highest BCUT2D eigenvalue weighted by atomic mass is 79.9. The van der Waals surface area contributed by atoms with Crippen LogP contribution in [0.2, 0.25) is 0 Å². The van der Waals surface area contributed by atoms with Gasteiger partial charge in [0, 0.05) is 16.6 Å². The van der Waals surface area contributed by atoms with E-state index >= 15 is 0 Å². The van der Waals surface area contributed by atoms with Gasteiger partial charge in [-0.1, -0.05) is 31.9 Å². The fraction of sp³-hybridized carbons (Fsp3) is 0.750. The maximum absolute atomic E-state index is 10.1. The van der Waals surface area contributed by atoms with Crippen LogP contribution in [-0.4, -0.2) is 16.1 Å². The topological polar surface area (TPSA) is 43.1 Å². The predicted molar refractivity (Wildman–Crippen MR) is 40.3 cm³/mol.